The zero-order valence-corrected chi connectivity index (χ0v) is 8.16. The van der Waals surface area contributed by atoms with Crippen molar-refractivity contribution < 1.29 is 28.6 Å². The fraction of sp³-hybridized carbons (Fsp3) is 0.500. The quantitative estimate of drug-likeness (QED) is 0.480. The van der Waals surface area contributed by atoms with Crippen LogP contribution in [0.15, 0.2) is 0 Å². The lowest BCUT2D eigenvalue weighted by atomic mass is 10.6. The van der Waals surface area contributed by atoms with Gasteiger partial charge in [-0.25, -0.2) is 0 Å². The van der Waals surface area contributed by atoms with Crippen molar-refractivity contribution in [3.63, 3.8) is 0 Å². The van der Waals surface area contributed by atoms with E-state index in [1.807, 2.05) is 0 Å². The predicted molar refractivity (Wildman–Crippen MR) is 43.4 cm³/mol. The Bertz CT molecular complexity index is 216. The first kappa shape index (κ1) is 12.4. The first-order chi connectivity index (χ1) is 6.25. The minimum absolute atomic E-state index is 0.789. The van der Waals surface area contributed by atoms with Crippen molar-refractivity contribution in [1.29, 1.82) is 0 Å². The summed E-state index contributed by atoms with van der Waals surface area (Å²) in [6.07, 6.45) is 0. The molecule has 0 bridgehead atoms. The van der Waals surface area contributed by atoms with E-state index in [9.17, 15) is 14.4 Å². The lowest BCUT2D eigenvalue weighted by molar-refractivity contribution is -0.302. The van der Waals surface area contributed by atoms with Crippen molar-refractivity contribution in [1.82, 2.24) is 0 Å². The van der Waals surface area contributed by atoms with Gasteiger partial charge in [0.2, 0.25) is 0 Å². The predicted octanol–water partition coefficient (Wildman–Crippen LogP) is 0.164. The molecule has 0 aromatic rings. The Morgan fingerprint density at radius 3 is 1.21 bits per heavy atom. The molecule has 0 aliphatic heterocycles. The van der Waals surface area contributed by atoms with E-state index in [0.717, 1.165) is 20.8 Å². The molecule has 0 unspecified atom stereocenters. The van der Waals surface area contributed by atoms with Gasteiger partial charge in [-0.05, 0) is 0 Å². The fourth-order valence-electron chi connectivity index (χ4n) is 0.719. The normalized spacial score (nSPS) is 10.3. The van der Waals surface area contributed by atoms with Gasteiger partial charge in [0.1, 0.15) is 0 Å². The van der Waals surface area contributed by atoms with Crippen LogP contribution in [-0.4, -0.2) is 23.9 Å². The van der Waals surface area contributed by atoms with Gasteiger partial charge in [-0.2, -0.15) is 0 Å². The van der Waals surface area contributed by atoms with Crippen molar-refractivity contribution >= 4 is 17.9 Å². The van der Waals surface area contributed by atoms with Gasteiger partial charge in [-0.1, -0.05) is 0 Å². The van der Waals surface area contributed by atoms with Crippen molar-refractivity contribution in [2.45, 2.75) is 26.7 Å². The number of rotatable bonds is 3. The highest BCUT2D eigenvalue weighted by Crippen LogP contribution is 2.14. The van der Waals surface area contributed by atoms with Crippen LogP contribution in [0.3, 0.4) is 0 Å². The number of esters is 3. The number of hydrogen-bond donors (Lipinski definition) is 0. The van der Waals surface area contributed by atoms with Gasteiger partial charge in [0.25, 0.3) is 0 Å². The van der Waals surface area contributed by atoms with Crippen LogP contribution < -0.4 is 0 Å². The van der Waals surface area contributed by atoms with Crippen LogP contribution in [0.25, 0.3) is 0 Å². The Kier molecular flexibility index (Phi) is 4.07. The van der Waals surface area contributed by atoms with E-state index < -0.39 is 23.9 Å². The molecule has 1 radical (unpaired) electrons. The van der Waals surface area contributed by atoms with Crippen molar-refractivity contribution in [2.24, 2.45) is 0 Å². The molecule has 0 rings (SSSR count). The van der Waals surface area contributed by atoms with Gasteiger partial charge in [0, 0.05) is 20.8 Å². The molecule has 0 saturated carbocycles. The Hall–Kier alpha value is -1.59. The Morgan fingerprint density at radius 2 is 1.07 bits per heavy atom. The summed E-state index contributed by atoms with van der Waals surface area (Å²) in [6, 6.07) is 0. The third kappa shape index (κ3) is 5.13. The van der Waals surface area contributed by atoms with Gasteiger partial charge in [-0.15, -0.1) is 0 Å². The van der Waals surface area contributed by atoms with E-state index in [1.165, 1.54) is 0 Å². The molecule has 0 saturated heterocycles. The zero-order chi connectivity index (χ0) is 11.4. The van der Waals surface area contributed by atoms with Crippen LogP contribution in [0.5, 0.6) is 0 Å². The van der Waals surface area contributed by atoms with Gasteiger partial charge in [-0.3, -0.25) is 14.4 Å². The third-order valence-corrected chi connectivity index (χ3v) is 0.898. The minimum Gasteiger partial charge on any atom is -0.388 e. The summed E-state index contributed by atoms with van der Waals surface area (Å²) in [5, 5.41) is 0. The zero-order valence-electron chi connectivity index (χ0n) is 8.16. The first-order valence-electron chi connectivity index (χ1n) is 3.69. The summed E-state index contributed by atoms with van der Waals surface area (Å²) < 4.78 is 13.3. The molecule has 0 aromatic heterocycles. The van der Waals surface area contributed by atoms with E-state index in [-0.39, 0.29) is 0 Å². The maximum atomic E-state index is 10.6. The maximum absolute atomic E-state index is 10.6. The minimum atomic E-state index is -2.23. The highest BCUT2D eigenvalue weighted by molar-refractivity contribution is 5.70. The van der Waals surface area contributed by atoms with Gasteiger partial charge in [0.15, 0.2) is 0 Å². The molecular formula is C8H11O6. The SMILES string of the molecule is [CH2]C(OC(C)=O)(OC(C)=O)OC(C)=O. The third-order valence-electron chi connectivity index (χ3n) is 0.898. The monoisotopic (exact) mass is 203 g/mol. The average molecular weight is 203 g/mol. The number of carbonyl (C=O) groups excluding carboxylic acids is 3. The Morgan fingerprint density at radius 1 is 0.857 bits per heavy atom. The van der Waals surface area contributed by atoms with Crippen LogP contribution in [0.1, 0.15) is 20.8 Å². The summed E-state index contributed by atoms with van der Waals surface area (Å²) >= 11 is 0. The molecule has 0 amide bonds. The van der Waals surface area contributed by atoms with Crippen molar-refractivity contribution in [2.75, 3.05) is 0 Å². The average Bonchev–Trinajstić information content (AvgIpc) is 1.76. The van der Waals surface area contributed by atoms with Crippen LogP contribution in [0, 0.1) is 6.92 Å². The van der Waals surface area contributed by atoms with Crippen molar-refractivity contribution in [3.05, 3.63) is 6.92 Å². The molecule has 0 spiro atoms. The fourth-order valence-corrected chi connectivity index (χ4v) is 0.719. The van der Waals surface area contributed by atoms with Crippen LogP contribution in [0.4, 0.5) is 0 Å². The van der Waals surface area contributed by atoms with Crippen LogP contribution in [-0.2, 0) is 28.6 Å². The van der Waals surface area contributed by atoms with E-state index in [2.05, 4.69) is 21.1 Å². The standard InChI is InChI=1S/C8H11O6/c1-5(9)12-8(4,13-6(2)10)14-7(3)11/h4H2,1-3H3. The van der Waals surface area contributed by atoms with Gasteiger partial charge >= 0.3 is 23.9 Å². The number of carbonyl (C=O) groups is 3. The van der Waals surface area contributed by atoms with Crippen molar-refractivity contribution in [3.8, 4) is 0 Å². The molecule has 0 heterocycles. The molecule has 0 fully saturated rings. The van der Waals surface area contributed by atoms with Gasteiger partial charge in [0.05, 0.1) is 6.92 Å². The van der Waals surface area contributed by atoms with Crippen LogP contribution in [0.2, 0.25) is 0 Å². The summed E-state index contributed by atoms with van der Waals surface area (Å²) in [5.41, 5.74) is 0. The summed E-state index contributed by atoms with van der Waals surface area (Å²) in [5.74, 6) is -4.60. The van der Waals surface area contributed by atoms with E-state index in [4.69, 9.17) is 0 Å². The van der Waals surface area contributed by atoms with Crippen LogP contribution >= 0.6 is 0 Å². The Labute approximate surface area is 81.1 Å². The van der Waals surface area contributed by atoms with E-state index in [0.29, 0.717) is 0 Å². The highest BCUT2D eigenvalue weighted by atomic mass is 16.9. The molecule has 0 aliphatic carbocycles. The summed E-state index contributed by atoms with van der Waals surface area (Å²) in [6.45, 7) is 6.35. The lowest BCUT2D eigenvalue weighted by Gasteiger charge is -2.25. The molecule has 0 atom stereocenters. The molecule has 0 aromatic carbocycles. The second-order valence-electron chi connectivity index (χ2n) is 2.46. The largest absolute Gasteiger partial charge is 0.423 e. The van der Waals surface area contributed by atoms with E-state index >= 15 is 0 Å². The van der Waals surface area contributed by atoms with Gasteiger partial charge < -0.3 is 14.2 Å². The molecule has 6 heteroatoms. The summed E-state index contributed by atoms with van der Waals surface area (Å²) in [7, 11) is 0. The smallest absolute Gasteiger partial charge is 0.388 e. The number of ether oxygens (including phenoxy) is 3. The Balaban J connectivity index is 4.56. The number of hydrogen-bond acceptors (Lipinski definition) is 6. The topological polar surface area (TPSA) is 78.9 Å². The lowest BCUT2D eigenvalue weighted by Crippen LogP contribution is -2.40. The first-order valence-corrected chi connectivity index (χ1v) is 3.69. The maximum Gasteiger partial charge on any atom is 0.423 e. The van der Waals surface area contributed by atoms with E-state index in [1.54, 1.807) is 0 Å². The molecule has 14 heavy (non-hydrogen) atoms. The molecule has 0 N–H and O–H groups in total. The highest BCUT2D eigenvalue weighted by Gasteiger charge is 2.35. The second kappa shape index (κ2) is 4.59. The second-order valence-corrected chi connectivity index (χ2v) is 2.46. The molecule has 0 aliphatic rings. The molecule has 79 valence electrons. The molecule has 6 nitrogen and oxygen atoms in total. The molecular weight excluding hydrogens is 192 g/mol. The summed E-state index contributed by atoms with van der Waals surface area (Å²) in [4.78, 5) is 31.7.